The molecule has 0 fully saturated rings. The van der Waals surface area contributed by atoms with Crippen molar-refractivity contribution in [3.63, 3.8) is 0 Å². The molecule has 0 saturated carbocycles. The number of anilines is 2. The molecule has 3 rings (SSSR count). The molecule has 4 N–H and O–H groups in total. The van der Waals surface area contributed by atoms with E-state index in [0.29, 0.717) is 11.4 Å². The lowest BCUT2D eigenvalue weighted by Crippen LogP contribution is -2.25. The minimum absolute atomic E-state index is 0.169. The van der Waals surface area contributed by atoms with Crippen LogP contribution in [-0.4, -0.2) is 16.8 Å². The van der Waals surface area contributed by atoms with Crippen molar-refractivity contribution in [2.24, 2.45) is 0 Å². The maximum atomic E-state index is 12.3. The van der Waals surface area contributed by atoms with E-state index in [1.54, 1.807) is 24.3 Å². The molecule has 1 heterocycles. The van der Waals surface area contributed by atoms with Gasteiger partial charge in [0.1, 0.15) is 0 Å². The van der Waals surface area contributed by atoms with Crippen LogP contribution < -0.4 is 15.6 Å². The summed E-state index contributed by atoms with van der Waals surface area (Å²) < 4.78 is 0. The van der Waals surface area contributed by atoms with Gasteiger partial charge in [0.05, 0.1) is 0 Å². The molecule has 2 amide bonds. The fourth-order valence-electron chi connectivity index (χ4n) is 2.11. The van der Waals surface area contributed by atoms with Gasteiger partial charge in [-0.25, -0.2) is 9.97 Å². The second kappa shape index (κ2) is 6.57. The Bertz CT molecular complexity index is 745. The highest BCUT2D eigenvalue weighted by Gasteiger charge is 2.25. The Morgan fingerprint density at radius 2 is 1.30 bits per heavy atom. The van der Waals surface area contributed by atoms with Gasteiger partial charge in [-0.05, 0) is 24.3 Å². The molecular formula is C17H15N4O2+. The van der Waals surface area contributed by atoms with Crippen molar-refractivity contribution in [3.8, 4) is 0 Å². The molecule has 6 nitrogen and oxygen atoms in total. The van der Waals surface area contributed by atoms with Crippen molar-refractivity contribution in [1.29, 1.82) is 0 Å². The molecule has 0 atom stereocenters. The Balaban J connectivity index is 1.76. The van der Waals surface area contributed by atoms with Gasteiger partial charge in [0.2, 0.25) is 17.7 Å². The molecule has 0 aliphatic rings. The quantitative estimate of drug-likeness (QED) is 0.690. The highest BCUT2D eigenvalue weighted by atomic mass is 16.2. The summed E-state index contributed by atoms with van der Waals surface area (Å²) in [5, 5.41) is 5.47. The van der Waals surface area contributed by atoms with E-state index >= 15 is 0 Å². The molecule has 0 bridgehead atoms. The number of H-pyrrole nitrogens is 2. The number of imidazole rings is 1. The normalized spacial score (nSPS) is 10.1. The van der Waals surface area contributed by atoms with Gasteiger partial charge in [0.15, 0.2) is 0 Å². The number of hydrogen-bond donors (Lipinski definition) is 3. The number of hydrogen-bond acceptors (Lipinski definition) is 2. The van der Waals surface area contributed by atoms with Crippen LogP contribution in [0.15, 0.2) is 67.0 Å². The lowest BCUT2D eigenvalue weighted by atomic mass is 10.2. The maximum absolute atomic E-state index is 12.3. The molecule has 1 aromatic heterocycles. The van der Waals surface area contributed by atoms with Crippen molar-refractivity contribution in [2.75, 3.05) is 10.6 Å². The second-order valence-electron chi connectivity index (χ2n) is 4.82. The number of rotatable bonds is 4. The van der Waals surface area contributed by atoms with Gasteiger partial charge >= 0.3 is 0 Å². The highest BCUT2D eigenvalue weighted by Crippen LogP contribution is 2.11. The third kappa shape index (κ3) is 3.44. The molecule has 0 aliphatic heterocycles. The summed E-state index contributed by atoms with van der Waals surface area (Å²) in [5.41, 5.74) is 1.65. The van der Waals surface area contributed by atoms with E-state index in [2.05, 4.69) is 20.6 Å². The number of carbonyl (C=O) groups excluding carboxylic acids is 2. The van der Waals surface area contributed by atoms with Crippen LogP contribution in [0.4, 0.5) is 11.4 Å². The van der Waals surface area contributed by atoms with Crippen molar-refractivity contribution in [1.82, 2.24) is 4.98 Å². The lowest BCUT2D eigenvalue weighted by molar-refractivity contribution is -0.379. The van der Waals surface area contributed by atoms with Gasteiger partial charge in [0.25, 0.3) is 11.8 Å². The van der Waals surface area contributed by atoms with E-state index in [0.717, 1.165) is 0 Å². The first-order valence-electron chi connectivity index (χ1n) is 7.06. The van der Waals surface area contributed by atoms with Crippen LogP contribution in [0.1, 0.15) is 21.0 Å². The van der Waals surface area contributed by atoms with E-state index in [4.69, 9.17) is 0 Å². The van der Waals surface area contributed by atoms with Crippen molar-refractivity contribution in [3.05, 3.63) is 78.4 Å². The molecule has 3 aromatic rings. The minimum atomic E-state index is -0.393. The van der Waals surface area contributed by atoms with Gasteiger partial charge in [-0.1, -0.05) is 36.4 Å². The lowest BCUT2D eigenvalue weighted by Gasteiger charge is -2.04. The third-order valence-corrected chi connectivity index (χ3v) is 3.20. The number of carbonyl (C=O) groups is 2. The van der Waals surface area contributed by atoms with E-state index < -0.39 is 11.8 Å². The summed E-state index contributed by atoms with van der Waals surface area (Å²) in [5.74, 6) is -0.786. The largest absolute Gasteiger partial charge is 0.319 e. The van der Waals surface area contributed by atoms with Crippen molar-refractivity contribution >= 4 is 23.2 Å². The van der Waals surface area contributed by atoms with E-state index in [-0.39, 0.29) is 11.4 Å². The van der Waals surface area contributed by atoms with Crippen LogP contribution in [0, 0.1) is 0 Å². The molecule has 114 valence electrons. The molecule has 23 heavy (non-hydrogen) atoms. The fraction of sp³-hybridized carbons (Fsp3) is 0. The first kappa shape index (κ1) is 14.5. The number of amides is 2. The van der Waals surface area contributed by atoms with Crippen molar-refractivity contribution in [2.45, 2.75) is 0 Å². The highest BCUT2D eigenvalue weighted by molar-refractivity contribution is 6.12. The molecule has 0 saturated heterocycles. The number of benzene rings is 2. The van der Waals surface area contributed by atoms with Crippen LogP contribution in [-0.2, 0) is 0 Å². The van der Waals surface area contributed by atoms with Gasteiger partial charge < -0.3 is 10.6 Å². The average Bonchev–Trinajstić information content (AvgIpc) is 3.06. The first-order chi connectivity index (χ1) is 11.2. The Kier molecular flexibility index (Phi) is 4.15. The van der Waals surface area contributed by atoms with Crippen LogP contribution in [0.5, 0.6) is 0 Å². The number of aromatic nitrogens is 2. The van der Waals surface area contributed by atoms with Gasteiger partial charge in [0, 0.05) is 11.4 Å². The monoisotopic (exact) mass is 307 g/mol. The Labute approximate surface area is 132 Å². The predicted octanol–water partition coefficient (Wildman–Crippen LogP) is 2.33. The first-order valence-corrected chi connectivity index (χ1v) is 7.06. The summed E-state index contributed by atoms with van der Waals surface area (Å²) in [6.45, 7) is 0. The smallest absolute Gasteiger partial charge is 0.300 e. The summed E-state index contributed by atoms with van der Waals surface area (Å²) in [6.07, 6.45) is 1.44. The zero-order valence-corrected chi connectivity index (χ0v) is 12.2. The van der Waals surface area contributed by atoms with Gasteiger partial charge in [-0.3, -0.25) is 9.59 Å². The SMILES string of the molecule is O=C(Nc1ccccc1)c1[nH]c[nH+]c1C(=O)Nc1ccccc1. The van der Waals surface area contributed by atoms with E-state index in [1.165, 1.54) is 6.33 Å². The number of para-hydroxylation sites is 2. The standard InChI is InChI=1S/C17H14N4O2/c22-16(20-12-7-3-1-4-8-12)14-15(19-11-18-14)17(23)21-13-9-5-2-6-10-13/h1-11H,(H,18,19)(H,20,22)(H,21,23)/p+1. The van der Waals surface area contributed by atoms with Crippen molar-refractivity contribution < 1.29 is 14.6 Å². The van der Waals surface area contributed by atoms with E-state index in [1.807, 2.05) is 36.4 Å². The summed E-state index contributed by atoms with van der Waals surface area (Å²) >= 11 is 0. The third-order valence-electron chi connectivity index (χ3n) is 3.20. The topological polar surface area (TPSA) is 88.1 Å². The Hall–Kier alpha value is -3.41. The fourth-order valence-corrected chi connectivity index (χ4v) is 2.11. The molecular weight excluding hydrogens is 292 g/mol. The number of nitrogens with one attached hydrogen (secondary N) is 4. The zero-order chi connectivity index (χ0) is 16.1. The summed E-state index contributed by atoms with van der Waals surface area (Å²) in [6, 6.07) is 18.1. The van der Waals surface area contributed by atoms with Crippen LogP contribution in [0.25, 0.3) is 0 Å². The number of aromatic amines is 2. The maximum Gasteiger partial charge on any atom is 0.300 e. The summed E-state index contributed by atoms with van der Waals surface area (Å²) in [4.78, 5) is 30.1. The minimum Gasteiger partial charge on any atom is -0.319 e. The molecule has 0 spiro atoms. The molecule has 0 aliphatic carbocycles. The molecule has 0 unspecified atom stereocenters. The van der Waals surface area contributed by atoms with Crippen LogP contribution in [0.3, 0.4) is 0 Å². The average molecular weight is 307 g/mol. The van der Waals surface area contributed by atoms with Crippen LogP contribution >= 0.6 is 0 Å². The summed E-state index contributed by atoms with van der Waals surface area (Å²) in [7, 11) is 0. The zero-order valence-electron chi connectivity index (χ0n) is 12.2. The predicted molar refractivity (Wildman–Crippen MR) is 86.1 cm³/mol. The second-order valence-corrected chi connectivity index (χ2v) is 4.82. The van der Waals surface area contributed by atoms with Gasteiger partial charge in [-0.15, -0.1) is 0 Å². The van der Waals surface area contributed by atoms with Gasteiger partial charge in [-0.2, -0.15) is 0 Å². The molecule has 0 radical (unpaired) electrons. The Morgan fingerprint density at radius 3 is 1.87 bits per heavy atom. The van der Waals surface area contributed by atoms with E-state index in [9.17, 15) is 9.59 Å². The molecule has 6 heteroatoms. The Morgan fingerprint density at radius 1 is 0.783 bits per heavy atom. The van der Waals surface area contributed by atoms with Crippen LogP contribution in [0.2, 0.25) is 0 Å². The molecule has 2 aromatic carbocycles.